The number of aromatic nitrogens is 5. The highest BCUT2D eigenvalue weighted by Gasteiger charge is 2.32. The molecule has 1 unspecified atom stereocenters. The minimum absolute atomic E-state index is 0.143. The topological polar surface area (TPSA) is 138 Å². The van der Waals surface area contributed by atoms with Gasteiger partial charge in [-0.05, 0) is 67.6 Å². The van der Waals surface area contributed by atoms with Crippen molar-refractivity contribution in [2.75, 3.05) is 25.0 Å². The molecule has 3 amide bonds. The number of carbonyl (C=O) groups is 3. The molecule has 3 aromatic heterocycles. The summed E-state index contributed by atoms with van der Waals surface area (Å²) in [5, 5.41) is 22.3. The van der Waals surface area contributed by atoms with Gasteiger partial charge in [0.1, 0.15) is 5.56 Å². The summed E-state index contributed by atoms with van der Waals surface area (Å²) in [5.41, 5.74) is 4.90. The Bertz CT molecular complexity index is 1970. The summed E-state index contributed by atoms with van der Waals surface area (Å²) in [4.78, 5) is 49.5. The van der Waals surface area contributed by atoms with Gasteiger partial charge in [-0.15, -0.1) is 0 Å². The highest BCUT2D eigenvalue weighted by molar-refractivity contribution is 6.09. The van der Waals surface area contributed by atoms with Crippen LogP contribution in [-0.4, -0.2) is 82.7 Å². The molecule has 0 saturated carbocycles. The fourth-order valence-electron chi connectivity index (χ4n) is 6.30. The Labute approximate surface area is 285 Å². The van der Waals surface area contributed by atoms with Crippen LogP contribution in [0.15, 0.2) is 73.2 Å². The van der Waals surface area contributed by atoms with Crippen LogP contribution in [-0.2, 0) is 13.0 Å². The number of hydrogen-bond donors (Lipinski definition) is 2. The van der Waals surface area contributed by atoms with E-state index < -0.39 is 11.9 Å². The lowest BCUT2D eigenvalue weighted by atomic mass is 9.93. The van der Waals surface area contributed by atoms with Gasteiger partial charge in [-0.25, -0.2) is 14.2 Å². The number of aliphatic hydroxyl groups excluding tert-OH is 1. The molecular formula is C37H42N8O4. The predicted octanol–water partition coefficient (Wildman–Crippen LogP) is 5.08. The van der Waals surface area contributed by atoms with Crippen LogP contribution in [0.3, 0.4) is 0 Å². The van der Waals surface area contributed by atoms with Crippen molar-refractivity contribution >= 4 is 29.1 Å². The highest BCUT2D eigenvalue weighted by atomic mass is 16.3. The molecule has 49 heavy (non-hydrogen) atoms. The van der Waals surface area contributed by atoms with Crippen LogP contribution in [0.1, 0.15) is 87.6 Å². The fraction of sp³-hybridized carbons (Fsp3) is 0.351. The summed E-state index contributed by atoms with van der Waals surface area (Å²) < 4.78 is 3.13. The molecule has 2 N–H and O–H groups in total. The van der Waals surface area contributed by atoms with E-state index in [1.165, 1.54) is 10.7 Å². The van der Waals surface area contributed by atoms with Gasteiger partial charge in [0.15, 0.2) is 11.3 Å². The van der Waals surface area contributed by atoms with Crippen molar-refractivity contribution in [3.05, 3.63) is 107 Å². The van der Waals surface area contributed by atoms with Gasteiger partial charge in [0, 0.05) is 43.4 Å². The van der Waals surface area contributed by atoms with E-state index in [-0.39, 0.29) is 29.5 Å². The number of anilines is 1. The van der Waals surface area contributed by atoms with Crippen molar-refractivity contribution in [1.29, 1.82) is 0 Å². The minimum atomic E-state index is -0.445. The first-order valence-corrected chi connectivity index (χ1v) is 16.9. The Kier molecular flexibility index (Phi) is 10.1. The number of hydrogen-bond acceptors (Lipinski definition) is 7. The standard InChI is InChI=1S/C37H42N8O4/c1-4-6-16-42(17-7-5-2)37(49)32-19-25(3)45(41-32)33-14-13-28(40-35(47)31-22-39-44-18-10-15-38-34(31)44)21-30(33)36(48)43-23-27-12-9-8-11-26(27)20-29(43)24-46/h8-15,18-19,21-22,29,46H,4-7,16-17,20,23-24H2,1-3H3,(H,40,47). The molecule has 12 heteroatoms. The van der Waals surface area contributed by atoms with Crippen LogP contribution in [0, 0.1) is 6.92 Å². The smallest absolute Gasteiger partial charge is 0.274 e. The van der Waals surface area contributed by atoms with E-state index in [0.717, 1.165) is 36.8 Å². The molecule has 0 bridgehead atoms. The monoisotopic (exact) mass is 662 g/mol. The normalized spacial score (nSPS) is 14.1. The van der Waals surface area contributed by atoms with E-state index in [9.17, 15) is 19.5 Å². The number of fused-ring (bicyclic) bond motifs is 2. The van der Waals surface area contributed by atoms with Gasteiger partial charge in [0.25, 0.3) is 17.7 Å². The predicted molar refractivity (Wildman–Crippen MR) is 186 cm³/mol. The first-order chi connectivity index (χ1) is 23.8. The first kappa shape index (κ1) is 33.5. The first-order valence-electron chi connectivity index (χ1n) is 16.9. The third kappa shape index (κ3) is 6.95. The van der Waals surface area contributed by atoms with Gasteiger partial charge >= 0.3 is 0 Å². The molecule has 4 heterocycles. The Morgan fingerprint density at radius 3 is 2.47 bits per heavy atom. The van der Waals surface area contributed by atoms with E-state index >= 15 is 0 Å². The summed E-state index contributed by atoms with van der Waals surface area (Å²) >= 11 is 0. The van der Waals surface area contributed by atoms with E-state index in [4.69, 9.17) is 5.10 Å². The maximum atomic E-state index is 14.6. The Balaban J connectivity index is 1.38. The number of nitrogens with one attached hydrogen (secondary N) is 1. The number of rotatable bonds is 12. The van der Waals surface area contributed by atoms with Crippen LogP contribution < -0.4 is 5.32 Å². The molecule has 5 aromatic rings. The van der Waals surface area contributed by atoms with Gasteiger partial charge < -0.3 is 20.2 Å². The summed E-state index contributed by atoms with van der Waals surface area (Å²) in [6.07, 6.45) is 9.00. The summed E-state index contributed by atoms with van der Waals surface area (Å²) in [6.45, 7) is 7.46. The number of aliphatic hydroxyl groups is 1. The van der Waals surface area contributed by atoms with E-state index in [1.54, 1.807) is 52.3 Å². The lowest BCUT2D eigenvalue weighted by molar-refractivity contribution is 0.0544. The van der Waals surface area contributed by atoms with Crippen LogP contribution in [0.4, 0.5) is 5.69 Å². The van der Waals surface area contributed by atoms with Crippen molar-refractivity contribution in [3.8, 4) is 5.69 Å². The number of unbranched alkanes of at least 4 members (excludes halogenated alkanes) is 2. The van der Waals surface area contributed by atoms with E-state index in [2.05, 4.69) is 29.2 Å². The molecule has 0 fully saturated rings. The maximum Gasteiger partial charge on any atom is 0.274 e. The third-order valence-corrected chi connectivity index (χ3v) is 9.02. The molecule has 6 rings (SSSR count). The average Bonchev–Trinajstić information content (AvgIpc) is 3.74. The average molecular weight is 663 g/mol. The van der Waals surface area contributed by atoms with Crippen molar-refractivity contribution in [1.82, 2.24) is 34.2 Å². The molecule has 1 aliphatic rings. The molecule has 2 aromatic carbocycles. The van der Waals surface area contributed by atoms with Crippen LogP contribution in [0.5, 0.6) is 0 Å². The number of aryl methyl sites for hydroxylation is 1. The second-order valence-corrected chi connectivity index (χ2v) is 12.5. The third-order valence-electron chi connectivity index (χ3n) is 9.02. The van der Waals surface area contributed by atoms with Crippen LogP contribution >= 0.6 is 0 Å². The molecule has 0 radical (unpaired) electrons. The van der Waals surface area contributed by atoms with Gasteiger partial charge in [-0.3, -0.25) is 14.4 Å². The molecule has 0 spiro atoms. The van der Waals surface area contributed by atoms with Gasteiger partial charge in [-0.2, -0.15) is 10.2 Å². The molecule has 12 nitrogen and oxygen atoms in total. The number of benzene rings is 2. The summed E-state index contributed by atoms with van der Waals surface area (Å²) in [5.74, 6) is -0.898. The van der Waals surface area contributed by atoms with Crippen molar-refractivity contribution in [2.45, 2.75) is 65.5 Å². The van der Waals surface area contributed by atoms with Crippen molar-refractivity contribution < 1.29 is 19.5 Å². The van der Waals surface area contributed by atoms with E-state index in [1.807, 2.05) is 36.1 Å². The Morgan fingerprint density at radius 2 is 1.73 bits per heavy atom. The summed E-state index contributed by atoms with van der Waals surface area (Å²) in [6, 6.07) is 16.0. The van der Waals surface area contributed by atoms with Crippen molar-refractivity contribution in [2.24, 2.45) is 0 Å². The second-order valence-electron chi connectivity index (χ2n) is 12.5. The van der Waals surface area contributed by atoms with Gasteiger partial charge in [-0.1, -0.05) is 51.0 Å². The van der Waals surface area contributed by atoms with Crippen LogP contribution in [0.25, 0.3) is 11.3 Å². The number of amides is 3. The highest BCUT2D eigenvalue weighted by Crippen LogP contribution is 2.29. The van der Waals surface area contributed by atoms with Crippen LogP contribution in [0.2, 0.25) is 0 Å². The lowest BCUT2D eigenvalue weighted by Gasteiger charge is -2.36. The molecular weight excluding hydrogens is 620 g/mol. The Morgan fingerprint density at radius 1 is 0.980 bits per heavy atom. The molecule has 1 aliphatic heterocycles. The zero-order chi connectivity index (χ0) is 34.5. The number of carbonyl (C=O) groups excluding carboxylic acids is 3. The molecule has 1 atom stereocenters. The SMILES string of the molecule is CCCCN(CCCC)C(=O)c1cc(C)n(-c2ccc(NC(=O)c3cnn4cccnc34)cc2C(=O)N2Cc3ccccc3CC2CO)n1. The van der Waals surface area contributed by atoms with Gasteiger partial charge in [0.05, 0.1) is 30.1 Å². The molecule has 0 saturated heterocycles. The maximum absolute atomic E-state index is 14.6. The molecule has 0 aliphatic carbocycles. The Hall–Kier alpha value is -5.36. The lowest BCUT2D eigenvalue weighted by Crippen LogP contribution is -2.46. The minimum Gasteiger partial charge on any atom is -0.394 e. The van der Waals surface area contributed by atoms with E-state index in [0.29, 0.717) is 54.5 Å². The van der Waals surface area contributed by atoms with Crippen molar-refractivity contribution in [3.63, 3.8) is 0 Å². The number of nitrogens with zero attached hydrogens (tertiary/aromatic N) is 7. The quantitative estimate of drug-likeness (QED) is 0.190. The summed E-state index contributed by atoms with van der Waals surface area (Å²) in [7, 11) is 0. The second kappa shape index (κ2) is 14.8. The zero-order valence-corrected chi connectivity index (χ0v) is 28.2. The molecule has 254 valence electrons. The zero-order valence-electron chi connectivity index (χ0n) is 28.2. The van der Waals surface area contributed by atoms with Gasteiger partial charge in [0.2, 0.25) is 0 Å². The fourth-order valence-corrected chi connectivity index (χ4v) is 6.30. The largest absolute Gasteiger partial charge is 0.394 e.